The topological polar surface area (TPSA) is 66.9 Å². The van der Waals surface area contributed by atoms with Crippen molar-refractivity contribution in [3.63, 3.8) is 0 Å². The third kappa shape index (κ3) is 3.71. The van der Waals surface area contributed by atoms with Crippen molar-refractivity contribution in [2.24, 2.45) is 0 Å². The van der Waals surface area contributed by atoms with Crippen LogP contribution in [0.5, 0.6) is 0 Å². The molecule has 126 valence electrons. The van der Waals surface area contributed by atoms with E-state index in [9.17, 15) is 14.4 Å². The Morgan fingerprint density at radius 2 is 1.96 bits per heavy atom. The smallest absolute Gasteiger partial charge is 0.294 e. The summed E-state index contributed by atoms with van der Waals surface area (Å²) >= 11 is 4.27. The third-order valence-corrected chi connectivity index (χ3v) is 5.35. The van der Waals surface area contributed by atoms with E-state index >= 15 is 0 Å². The zero-order valence-electron chi connectivity index (χ0n) is 12.7. The van der Waals surface area contributed by atoms with Crippen LogP contribution in [-0.4, -0.2) is 59.7 Å². The van der Waals surface area contributed by atoms with Crippen molar-refractivity contribution in [3.8, 4) is 0 Å². The maximum Gasteiger partial charge on any atom is 0.294 e. The molecule has 2 aliphatic rings. The quantitative estimate of drug-likeness (QED) is 0.715. The lowest BCUT2D eigenvalue weighted by Gasteiger charge is -2.28. The van der Waals surface area contributed by atoms with Crippen LogP contribution < -0.4 is 0 Å². The predicted octanol–water partition coefficient (Wildman–Crippen LogP) is 2.34. The van der Waals surface area contributed by atoms with Crippen LogP contribution in [0.15, 0.2) is 33.6 Å². The molecule has 3 amide bonds. The van der Waals surface area contributed by atoms with Crippen LogP contribution in [0.25, 0.3) is 6.08 Å². The second kappa shape index (κ2) is 7.50. The molecule has 0 radical (unpaired) electrons. The zero-order valence-corrected chi connectivity index (χ0v) is 15.1. The number of halogens is 1. The Kier molecular flexibility index (Phi) is 5.37. The SMILES string of the molecule is O=C(CN1C(=O)S/C(=C/c2ccccc2Br)C1=O)N1CCOCC1. The molecule has 0 unspecified atom stereocenters. The Bertz CT molecular complexity index is 716. The van der Waals surface area contributed by atoms with Gasteiger partial charge in [-0.3, -0.25) is 19.3 Å². The summed E-state index contributed by atoms with van der Waals surface area (Å²) in [7, 11) is 0. The summed E-state index contributed by atoms with van der Waals surface area (Å²) in [5.41, 5.74) is 0.808. The van der Waals surface area contributed by atoms with E-state index in [1.807, 2.05) is 24.3 Å². The van der Waals surface area contributed by atoms with E-state index in [4.69, 9.17) is 4.74 Å². The predicted molar refractivity (Wildman–Crippen MR) is 94.2 cm³/mol. The molecule has 1 aromatic rings. The standard InChI is InChI=1S/C16H15BrN2O4S/c17-12-4-2-1-3-11(12)9-13-15(21)19(16(22)24-13)10-14(20)18-5-7-23-8-6-18/h1-4,9H,5-8,10H2/b13-9+. The van der Waals surface area contributed by atoms with Crippen molar-refractivity contribution < 1.29 is 19.1 Å². The maximum absolute atomic E-state index is 12.5. The molecule has 24 heavy (non-hydrogen) atoms. The molecule has 0 saturated carbocycles. The highest BCUT2D eigenvalue weighted by atomic mass is 79.9. The number of imide groups is 1. The fourth-order valence-corrected chi connectivity index (χ4v) is 3.65. The fourth-order valence-electron chi connectivity index (χ4n) is 2.42. The van der Waals surface area contributed by atoms with Gasteiger partial charge in [0.05, 0.1) is 18.1 Å². The average molecular weight is 411 g/mol. The van der Waals surface area contributed by atoms with Crippen molar-refractivity contribution in [2.75, 3.05) is 32.8 Å². The molecule has 0 spiro atoms. The van der Waals surface area contributed by atoms with Crippen LogP contribution in [0.2, 0.25) is 0 Å². The molecule has 6 nitrogen and oxygen atoms in total. The summed E-state index contributed by atoms with van der Waals surface area (Å²) in [6.45, 7) is 1.72. The molecular formula is C16H15BrN2O4S. The third-order valence-electron chi connectivity index (χ3n) is 3.72. The summed E-state index contributed by atoms with van der Waals surface area (Å²) in [4.78, 5) is 39.8. The highest BCUT2D eigenvalue weighted by molar-refractivity contribution is 9.10. The number of carbonyl (C=O) groups is 3. The van der Waals surface area contributed by atoms with Gasteiger partial charge in [0.25, 0.3) is 11.1 Å². The normalized spacial score (nSPS) is 20.1. The highest BCUT2D eigenvalue weighted by Crippen LogP contribution is 2.33. The first-order valence-corrected chi connectivity index (χ1v) is 9.02. The van der Waals surface area contributed by atoms with Gasteiger partial charge in [0.15, 0.2) is 0 Å². The molecular weight excluding hydrogens is 396 g/mol. The van der Waals surface area contributed by atoms with Crippen LogP contribution in [0.3, 0.4) is 0 Å². The number of nitrogens with zero attached hydrogens (tertiary/aromatic N) is 2. The van der Waals surface area contributed by atoms with Crippen LogP contribution in [0.1, 0.15) is 5.56 Å². The first kappa shape index (κ1) is 17.2. The lowest BCUT2D eigenvalue weighted by atomic mass is 10.2. The number of ether oxygens (including phenoxy) is 1. The maximum atomic E-state index is 12.5. The number of rotatable bonds is 3. The molecule has 0 atom stereocenters. The van der Waals surface area contributed by atoms with E-state index < -0.39 is 11.1 Å². The van der Waals surface area contributed by atoms with Crippen LogP contribution in [0.4, 0.5) is 4.79 Å². The van der Waals surface area contributed by atoms with Gasteiger partial charge in [-0.05, 0) is 29.5 Å². The minimum absolute atomic E-state index is 0.224. The van der Waals surface area contributed by atoms with Crippen molar-refractivity contribution in [3.05, 3.63) is 39.2 Å². The largest absolute Gasteiger partial charge is 0.378 e. The summed E-state index contributed by atoms with van der Waals surface area (Å²) in [6, 6.07) is 7.42. The molecule has 0 N–H and O–H groups in total. The Morgan fingerprint density at radius 3 is 2.67 bits per heavy atom. The first-order chi connectivity index (χ1) is 11.6. The number of hydrogen-bond donors (Lipinski definition) is 0. The van der Waals surface area contributed by atoms with Gasteiger partial charge in [-0.25, -0.2) is 0 Å². The van der Waals surface area contributed by atoms with Gasteiger partial charge in [-0.2, -0.15) is 0 Å². The van der Waals surface area contributed by atoms with Crippen LogP contribution in [0, 0.1) is 0 Å². The second-order valence-corrected chi connectivity index (χ2v) is 7.13. The van der Waals surface area contributed by atoms with Gasteiger partial charge >= 0.3 is 0 Å². The molecule has 2 heterocycles. The average Bonchev–Trinajstić information content (AvgIpc) is 2.85. The van der Waals surface area contributed by atoms with E-state index in [0.717, 1.165) is 26.7 Å². The number of thioether (sulfide) groups is 1. The molecule has 8 heteroatoms. The number of amides is 3. The minimum Gasteiger partial charge on any atom is -0.378 e. The van der Waals surface area contributed by atoms with Crippen molar-refractivity contribution >= 4 is 50.8 Å². The van der Waals surface area contributed by atoms with E-state index in [-0.39, 0.29) is 12.5 Å². The zero-order chi connectivity index (χ0) is 17.1. The van der Waals surface area contributed by atoms with E-state index in [0.29, 0.717) is 31.2 Å². The van der Waals surface area contributed by atoms with E-state index in [1.54, 1.807) is 11.0 Å². The van der Waals surface area contributed by atoms with Gasteiger partial charge < -0.3 is 9.64 Å². The van der Waals surface area contributed by atoms with Crippen molar-refractivity contribution in [1.29, 1.82) is 0 Å². The monoisotopic (exact) mass is 410 g/mol. The minimum atomic E-state index is -0.428. The fraction of sp³-hybridized carbons (Fsp3) is 0.312. The molecule has 0 bridgehead atoms. The molecule has 3 rings (SSSR count). The number of benzene rings is 1. The Hall–Kier alpha value is -1.64. The van der Waals surface area contributed by atoms with Gasteiger partial charge in [0, 0.05) is 17.6 Å². The summed E-state index contributed by atoms with van der Waals surface area (Å²) in [5.74, 6) is -0.662. The number of carbonyl (C=O) groups excluding carboxylic acids is 3. The lowest BCUT2D eigenvalue weighted by Crippen LogP contribution is -2.46. The van der Waals surface area contributed by atoms with Crippen molar-refractivity contribution in [2.45, 2.75) is 0 Å². The van der Waals surface area contributed by atoms with Crippen LogP contribution in [-0.2, 0) is 14.3 Å². The highest BCUT2D eigenvalue weighted by Gasteiger charge is 2.37. The molecule has 2 aliphatic heterocycles. The van der Waals surface area contributed by atoms with Gasteiger partial charge in [0.2, 0.25) is 5.91 Å². The van der Waals surface area contributed by atoms with Gasteiger partial charge in [-0.15, -0.1) is 0 Å². The summed E-state index contributed by atoms with van der Waals surface area (Å²) in [6.07, 6.45) is 1.66. The van der Waals surface area contributed by atoms with E-state index in [2.05, 4.69) is 15.9 Å². The number of hydrogen-bond acceptors (Lipinski definition) is 5. The molecule has 2 fully saturated rings. The van der Waals surface area contributed by atoms with Crippen molar-refractivity contribution in [1.82, 2.24) is 9.80 Å². The molecule has 0 aliphatic carbocycles. The van der Waals surface area contributed by atoms with Gasteiger partial charge in [-0.1, -0.05) is 34.1 Å². The Balaban J connectivity index is 1.72. The summed E-state index contributed by atoms with van der Waals surface area (Å²) < 4.78 is 6.03. The number of morpholine rings is 1. The van der Waals surface area contributed by atoms with E-state index in [1.165, 1.54) is 0 Å². The lowest BCUT2D eigenvalue weighted by molar-refractivity contribution is -0.139. The summed E-state index contributed by atoms with van der Waals surface area (Å²) in [5, 5.41) is -0.417. The first-order valence-electron chi connectivity index (χ1n) is 7.41. The molecule has 0 aromatic heterocycles. The van der Waals surface area contributed by atoms with Crippen LogP contribution >= 0.6 is 27.7 Å². The Morgan fingerprint density at radius 1 is 1.25 bits per heavy atom. The second-order valence-electron chi connectivity index (χ2n) is 5.28. The molecule has 2 saturated heterocycles. The molecule has 1 aromatic carbocycles. The van der Waals surface area contributed by atoms with Gasteiger partial charge in [0.1, 0.15) is 6.54 Å². The Labute approximate surface area is 151 Å².